The Bertz CT molecular complexity index is 827. The zero-order valence-electron chi connectivity index (χ0n) is 15.2. The van der Waals surface area contributed by atoms with Gasteiger partial charge < -0.3 is 16.0 Å². The zero-order chi connectivity index (χ0) is 18.7. The monoisotopic (exact) mass is 411 g/mol. The summed E-state index contributed by atoms with van der Waals surface area (Å²) in [5.41, 5.74) is 1.05. The Morgan fingerprint density at radius 1 is 1.26 bits per heavy atom. The molecule has 1 aliphatic heterocycles. The van der Waals surface area contributed by atoms with Crippen LogP contribution in [0.2, 0.25) is 0 Å². The lowest BCUT2D eigenvalue weighted by molar-refractivity contribution is 0.0928. The molecule has 2 heterocycles. The van der Waals surface area contributed by atoms with Gasteiger partial charge in [-0.2, -0.15) is 0 Å². The van der Waals surface area contributed by atoms with Crippen LogP contribution in [0, 0.1) is 12.7 Å². The Hall–Kier alpha value is -1.96. The van der Waals surface area contributed by atoms with Gasteiger partial charge in [-0.05, 0) is 63.1 Å². The maximum Gasteiger partial charge on any atom is 0.261 e. The van der Waals surface area contributed by atoms with Crippen molar-refractivity contribution in [3.8, 4) is 0 Å². The van der Waals surface area contributed by atoms with Gasteiger partial charge >= 0.3 is 0 Å². The number of hydrogen-bond acceptors (Lipinski definition) is 4. The predicted molar refractivity (Wildman–Crippen MR) is 109 cm³/mol. The third-order valence-corrected chi connectivity index (χ3v) is 5.56. The molecule has 1 aromatic carbocycles. The van der Waals surface area contributed by atoms with Crippen LogP contribution in [0.5, 0.6) is 0 Å². The third-order valence-electron chi connectivity index (χ3n) is 4.41. The van der Waals surface area contributed by atoms with Crippen LogP contribution in [0.3, 0.4) is 0 Å². The molecule has 0 aliphatic carbocycles. The zero-order valence-corrected chi connectivity index (χ0v) is 16.8. The smallest absolute Gasteiger partial charge is 0.261 e. The molecule has 1 aliphatic rings. The van der Waals surface area contributed by atoms with Gasteiger partial charge in [0, 0.05) is 17.6 Å². The Morgan fingerprint density at radius 3 is 2.74 bits per heavy atom. The van der Waals surface area contributed by atoms with Crippen molar-refractivity contribution in [2.75, 3.05) is 11.9 Å². The van der Waals surface area contributed by atoms with E-state index < -0.39 is 11.7 Å². The van der Waals surface area contributed by atoms with Crippen molar-refractivity contribution in [2.24, 2.45) is 0 Å². The highest BCUT2D eigenvalue weighted by molar-refractivity contribution is 7.18. The number of anilines is 1. The first kappa shape index (κ1) is 21.3. The molecule has 1 aromatic heterocycles. The van der Waals surface area contributed by atoms with Gasteiger partial charge in [0.25, 0.3) is 11.8 Å². The van der Waals surface area contributed by atoms with Crippen LogP contribution in [0.15, 0.2) is 30.3 Å². The van der Waals surface area contributed by atoms with Crippen molar-refractivity contribution < 1.29 is 14.0 Å². The summed E-state index contributed by atoms with van der Waals surface area (Å²) in [6.07, 6.45) is 1.81. The van der Waals surface area contributed by atoms with E-state index in [0.717, 1.165) is 24.9 Å². The van der Waals surface area contributed by atoms with Crippen molar-refractivity contribution in [1.29, 1.82) is 0 Å². The quantitative estimate of drug-likeness (QED) is 0.717. The molecule has 8 heteroatoms. The van der Waals surface area contributed by atoms with Crippen molar-refractivity contribution in [1.82, 2.24) is 10.6 Å². The number of rotatable bonds is 4. The molecule has 0 saturated carbocycles. The van der Waals surface area contributed by atoms with E-state index in [-0.39, 0.29) is 29.9 Å². The summed E-state index contributed by atoms with van der Waals surface area (Å²) in [6.45, 7) is 4.84. The minimum atomic E-state index is -0.462. The largest absolute Gasteiger partial charge is 0.348 e. The summed E-state index contributed by atoms with van der Waals surface area (Å²) in [7, 11) is 0. The highest BCUT2D eigenvalue weighted by Gasteiger charge is 2.22. The van der Waals surface area contributed by atoms with Crippen LogP contribution in [-0.4, -0.2) is 30.4 Å². The first-order chi connectivity index (χ1) is 12.4. The minimum Gasteiger partial charge on any atom is -0.348 e. The lowest BCUT2D eigenvalue weighted by Gasteiger charge is -2.28. The van der Waals surface area contributed by atoms with Crippen LogP contribution in [-0.2, 0) is 0 Å². The van der Waals surface area contributed by atoms with Crippen molar-refractivity contribution >= 4 is 40.6 Å². The molecular weight excluding hydrogens is 389 g/mol. The number of carbonyl (C=O) groups is 2. The van der Waals surface area contributed by atoms with Gasteiger partial charge in [0.2, 0.25) is 0 Å². The average molecular weight is 412 g/mol. The highest BCUT2D eigenvalue weighted by Crippen LogP contribution is 2.27. The Balaban J connectivity index is 0.00000261. The number of piperidine rings is 1. The molecule has 146 valence electrons. The first-order valence-corrected chi connectivity index (χ1v) is 9.45. The topological polar surface area (TPSA) is 70.2 Å². The molecule has 2 amide bonds. The van der Waals surface area contributed by atoms with E-state index in [1.807, 2.05) is 6.92 Å². The van der Waals surface area contributed by atoms with E-state index in [1.165, 1.54) is 29.5 Å². The number of hydrogen-bond donors (Lipinski definition) is 3. The maximum absolute atomic E-state index is 13.3. The molecule has 0 bridgehead atoms. The molecular formula is C19H23ClFN3O2S. The van der Waals surface area contributed by atoms with E-state index in [9.17, 15) is 14.0 Å². The summed E-state index contributed by atoms with van der Waals surface area (Å²) in [4.78, 5) is 25.4. The van der Waals surface area contributed by atoms with Crippen LogP contribution in [0.1, 0.15) is 45.4 Å². The number of aryl methyl sites for hydroxylation is 1. The van der Waals surface area contributed by atoms with Crippen LogP contribution >= 0.6 is 23.7 Å². The van der Waals surface area contributed by atoms with Gasteiger partial charge in [-0.25, -0.2) is 4.39 Å². The van der Waals surface area contributed by atoms with E-state index in [4.69, 9.17) is 0 Å². The van der Waals surface area contributed by atoms with E-state index >= 15 is 0 Å². The predicted octanol–water partition coefficient (Wildman–Crippen LogP) is 3.74. The molecule has 3 rings (SSSR count). The van der Waals surface area contributed by atoms with Crippen LogP contribution in [0.25, 0.3) is 0 Å². The van der Waals surface area contributed by atoms with E-state index in [0.29, 0.717) is 15.9 Å². The maximum atomic E-state index is 13.3. The Labute approximate surface area is 168 Å². The minimum absolute atomic E-state index is 0. The number of amides is 2. The third kappa shape index (κ3) is 5.51. The van der Waals surface area contributed by atoms with Gasteiger partial charge in [0.15, 0.2) is 0 Å². The fourth-order valence-electron chi connectivity index (χ4n) is 3.10. The number of thiophene rings is 1. The number of benzene rings is 1. The molecule has 5 nitrogen and oxygen atoms in total. The van der Waals surface area contributed by atoms with Gasteiger partial charge in [-0.3, -0.25) is 9.59 Å². The van der Waals surface area contributed by atoms with Crippen molar-refractivity contribution in [3.63, 3.8) is 0 Å². The molecule has 2 unspecified atom stereocenters. The van der Waals surface area contributed by atoms with E-state index in [1.54, 1.807) is 12.1 Å². The lowest BCUT2D eigenvalue weighted by Crippen LogP contribution is -2.46. The molecule has 1 saturated heterocycles. The summed E-state index contributed by atoms with van der Waals surface area (Å²) in [6, 6.07) is 7.82. The molecule has 2 atom stereocenters. The average Bonchev–Trinajstić information content (AvgIpc) is 2.95. The second-order valence-corrected chi connectivity index (χ2v) is 7.69. The van der Waals surface area contributed by atoms with Gasteiger partial charge in [0.05, 0.1) is 9.88 Å². The number of halogens is 2. The molecule has 0 spiro atoms. The summed E-state index contributed by atoms with van der Waals surface area (Å²) in [5.74, 6) is -0.973. The second-order valence-electron chi connectivity index (χ2n) is 6.64. The molecule has 0 radical (unpaired) electrons. The van der Waals surface area contributed by atoms with Crippen molar-refractivity contribution in [2.45, 2.75) is 38.8 Å². The number of nitrogens with one attached hydrogen (secondary N) is 3. The molecule has 1 fully saturated rings. The standard InChI is InChI=1S/C19H22FN3O2S.ClH/c1-11-8-16(23-18(24)13-4-3-5-14(20)10-13)26-17(11)19(25)22-15-6-7-21-12(2)9-15;/h3-5,8,10,12,15,21H,6-7,9H2,1-2H3,(H,22,25)(H,23,24);1H. The second kappa shape index (κ2) is 9.30. The summed E-state index contributed by atoms with van der Waals surface area (Å²) in [5, 5.41) is 9.75. The highest BCUT2D eigenvalue weighted by atomic mass is 35.5. The molecule has 3 N–H and O–H groups in total. The number of carbonyl (C=O) groups excluding carboxylic acids is 2. The lowest BCUT2D eigenvalue weighted by atomic mass is 10.0. The van der Waals surface area contributed by atoms with Crippen LogP contribution < -0.4 is 16.0 Å². The normalized spacial score (nSPS) is 19.1. The summed E-state index contributed by atoms with van der Waals surface area (Å²) < 4.78 is 13.3. The van der Waals surface area contributed by atoms with Crippen LogP contribution in [0.4, 0.5) is 9.39 Å². The molecule has 27 heavy (non-hydrogen) atoms. The van der Waals surface area contributed by atoms with E-state index in [2.05, 4.69) is 22.9 Å². The first-order valence-electron chi connectivity index (χ1n) is 8.64. The SMILES string of the molecule is Cc1cc(NC(=O)c2cccc(F)c2)sc1C(=O)NC1CCNC(C)C1.Cl. The Kier molecular flexibility index (Phi) is 7.35. The molecule has 2 aromatic rings. The van der Waals surface area contributed by atoms with Gasteiger partial charge in [-0.15, -0.1) is 23.7 Å². The van der Waals surface area contributed by atoms with Gasteiger partial charge in [-0.1, -0.05) is 6.07 Å². The fourth-order valence-corrected chi connectivity index (χ4v) is 4.07. The summed E-state index contributed by atoms with van der Waals surface area (Å²) >= 11 is 1.23. The Morgan fingerprint density at radius 2 is 2.04 bits per heavy atom. The fraction of sp³-hybridized carbons (Fsp3) is 0.368. The van der Waals surface area contributed by atoms with Crippen molar-refractivity contribution in [3.05, 3.63) is 52.2 Å². The van der Waals surface area contributed by atoms with Gasteiger partial charge in [0.1, 0.15) is 5.82 Å².